The van der Waals surface area contributed by atoms with Gasteiger partial charge in [-0.1, -0.05) is 0 Å². The van der Waals surface area contributed by atoms with E-state index >= 15 is 0 Å². The van der Waals surface area contributed by atoms with Crippen molar-refractivity contribution in [2.45, 2.75) is 24.4 Å². The van der Waals surface area contributed by atoms with Crippen LogP contribution in [0.25, 0.3) is 5.65 Å². The van der Waals surface area contributed by atoms with E-state index in [9.17, 15) is 10.2 Å². The van der Waals surface area contributed by atoms with E-state index < -0.39 is 24.4 Å². The smallest absolute Gasteiger partial charge is 0.224 e. The molecule has 0 radical (unpaired) electrons. The highest BCUT2D eigenvalue weighted by atomic mass is 16.6. The highest BCUT2D eigenvalue weighted by Crippen LogP contribution is 2.34. The first-order valence-electron chi connectivity index (χ1n) is 5.70. The average Bonchev–Trinajstić information content (AvgIpc) is 2.94. The van der Waals surface area contributed by atoms with Crippen LogP contribution in [-0.2, 0) is 4.74 Å². The third-order valence-corrected chi connectivity index (χ3v) is 3.21. The van der Waals surface area contributed by atoms with Crippen LogP contribution in [0, 0.1) is 0 Å². The number of nitrogens with zero attached hydrogens (tertiary/aromatic N) is 4. The van der Waals surface area contributed by atoms with Crippen molar-refractivity contribution in [1.29, 1.82) is 0 Å². The largest absolute Gasteiger partial charge is 0.394 e. The maximum absolute atomic E-state index is 9.96. The molecule has 9 heteroatoms. The second-order valence-electron chi connectivity index (χ2n) is 4.33. The molecule has 0 aromatic carbocycles. The number of rotatable bonds is 2. The number of fused-ring (bicyclic) bond motifs is 1. The van der Waals surface area contributed by atoms with Gasteiger partial charge in [-0.25, -0.2) is 9.97 Å². The highest BCUT2D eigenvalue weighted by molar-refractivity contribution is 5.50. The summed E-state index contributed by atoms with van der Waals surface area (Å²) in [5, 5.41) is 32.8. The van der Waals surface area contributed by atoms with Crippen LogP contribution in [-0.4, -0.2) is 59.8 Å². The van der Waals surface area contributed by atoms with Gasteiger partial charge in [-0.15, -0.1) is 0 Å². The van der Waals surface area contributed by atoms with Gasteiger partial charge in [0.2, 0.25) is 5.95 Å². The van der Waals surface area contributed by atoms with E-state index in [1.807, 2.05) is 0 Å². The molecule has 2 aromatic rings. The molecule has 19 heavy (non-hydrogen) atoms. The summed E-state index contributed by atoms with van der Waals surface area (Å²) < 4.78 is 6.73. The first-order valence-corrected chi connectivity index (χ1v) is 5.70. The molecule has 0 aliphatic carbocycles. The van der Waals surface area contributed by atoms with Crippen LogP contribution in [0.1, 0.15) is 11.7 Å². The van der Waals surface area contributed by atoms with Crippen LogP contribution in [0.4, 0.5) is 5.95 Å². The molecule has 0 spiro atoms. The number of aliphatic hydroxyl groups is 3. The van der Waals surface area contributed by atoms with Crippen molar-refractivity contribution in [2.24, 2.45) is 0 Å². The van der Waals surface area contributed by atoms with Gasteiger partial charge < -0.3 is 25.8 Å². The first kappa shape index (κ1) is 12.2. The Morgan fingerprint density at radius 1 is 1.32 bits per heavy atom. The summed E-state index contributed by atoms with van der Waals surface area (Å²) in [5.41, 5.74) is 6.51. The second-order valence-corrected chi connectivity index (χ2v) is 4.33. The summed E-state index contributed by atoms with van der Waals surface area (Å²) >= 11 is 0. The SMILES string of the molecule is Nc1ncnc2c([C@@H]3O[C@H](CO)C(O)C3O)cnn12. The van der Waals surface area contributed by atoms with Crippen LogP contribution >= 0.6 is 0 Å². The third-order valence-electron chi connectivity index (χ3n) is 3.21. The van der Waals surface area contributed by atoms with Gasteiger partial charge in [0.1, 0.15) is 30.7 Å². The zero-order chi connectivity index (χ0) is 13.6. The number of hydrogen-bond donors (Lipinski definition) is 4. The maximum Gasteiger partial charge on any atom is 0.224 e. The Balaban J connectivity index is 2.04. The Morgan fingerprint density at radius 3 is 2.79 bits per heavy atom. The van der Waals surface area contributed by atoms with Crippen LogP contribution < -0.4 is 5.73 Å². The molecule has 1 saturated heterocycles. The number of aliphatic hydroxyl groups excluding tert-OH is 3. The molecule has 9 nitrogen and oxygen atoms in total. The summed E-state index contributed by atoms with van der Waals surface area (Å²) in [7, 11) is 0. The van der Waals surface area contributed by atoms with Gasteiger partial charge in [0.15, 0.2) is 5.65 Å². The molecule has 4 atom stereocenters. The lowest BCUT2D eigenvalue weighted by atomic mass is 10.0. The number of nitrogen functional groups attached to an aromatic ring is 1. The van der Waals surface area contributed by atoms with Crippen molar-refractivity contribution in [3.05, 3.63) is 18.1 Å². The monoisotopic (exact) mass is 267 g/mol. The van der Waals surface area contributed by atoms with Crippen LogP contribution in [0.5, 0.6) is 0 Å². The standard InChI is InChI=1S/C10H13N5O4/c11-10-13-3-12-9-4(1-14-15(9)10)8-7(18)6(17)5(2-16)19-8/h1,3,5-8,16-18H,2H2,(H2,11,12,13)/t5-,6?,7?,8+/m1/s1. The first-order chi connectivity index (χ1) is 9.13. The normalized spacial score (nSPS) is 31.1. The second kappa shape index (κ2) is 4.38. The molecule has 2 unspecified atom stereocenters. The van der Waals surface area contributed by atoms with E-state index in [4.69, 9.17) is 15.6 Å². The molecule has 2 aromatic heterocycles. The molecule has 3 heterocycles. The molecule has 5 N–H and O–H groups in total. The van der Waals surface area contributed by atoms with Gasteiger partial charge in [0, 0.05) is 5.56 Å². The molecule has 102 valence electrons. The number of ether oxygens (including phenoxy) is 1. The van der Waals surface area contributed by atoms with E-state index in [0.29, 0.717) is 11.2 Å². The summed E-state index contributed by atoms with van der Waals surface area (Å²) in [6.45, 7) is -0.384. The molecule has 0 saturated carbocycles. The minimum Gasteiger partial charge on any atom is -0.394 e. The molecule has 3 rings (SSSR count). The van der Waals surface area contributed by atoms with Gasteiger partial charge in [0.05, 0.1) is 12.8 Å². The molecule has 0 amide bonds. The van der Waals surface area contributed by atoms with Gasteiger partial charge in [-0.2, -0.15) is 9.61 Å². The Hall–Kier alpha value is -1.81. The lowest BCUT2D eigenvalue weighted by molar-refractivity contribution is -0.0224. The third kappa shape index (κ3) is 1.75. The Labute approximate surface area is 107 Å². The quantitative estimate of drug-likeness (QED) is 0.483. The van der Waals surface area contributed by atoms with Crippen LogP contribution in [0.3, 0.4) is 0 Å². The van der Waals surface area contributed by atoms with Crippen molar-refractivity contribution >= 4 is 11.6 Å². The van der Waals surface area contributed by atoms with Crippen molar-refractivity contribution in [1.82, 2.24) is 19.6 Å². The van der Waals surface area contributed by atoms with Gasteiger partial charge >= 0.3 is 0 Å². The number of nitrogens with two attached hydrogens (primary N) is 1. The van der Waals surface area contributed by atoms with Gasteiger partial charge in [-0.05, 0) is 0 Å². The fraction of sp³-hybridized carbons (Fsp3) is 0.500. The summed E-state index contributed by atoms with van der Waals surface area (Å²) in [4.78, 5) is 7.82. The van der Waals surface area contributed by atoms with Crippen molar-refractivity contribution in [3.63, 3.8) is 0 Å². The summed E-state index contributed by atoms with van der Waals surface area (Å²) in [6, 6.07) is 0. The highest BCUT2D eigenvalue weighted by Gasteiger charge is 2.44. The van der Waals surface area contributed by atoms with Crippen LogP contribution in [0.2, 0.25) is 0 Å². The van der Waals surface area contributed by atoms with E-state index in [1.165, 1.54) is 17.0 Å². The molecular formula is C10H13N5O4. The van der Waals surface area contributed by atoms with Gasteiger partial charge in [-0.3, -0.25) is 0 Å². The average molecular weight is 267 g/mol. The van der Waals surface area contributed by atoms with Gasteiger partial charge in [0.25, 0.3) is 0 Å². The van der Waals surface area contributed by atoms with E-state index in [1.54, 1.807) is 0 Å². The molecule has 0 bridgehead atoms. The Bertz CT molecular complexity index is 603. The molecule has 1 aliphatic rings. The van der Waals surface area contributed by atoms with Crippen LogP contribution in [0.15, 0.2) is 12.5 Å². The Morgan fingerprint density at radius 2 is 2.11 bits per heavy atom. The van der Waals surface area contributed by atoms with Crippen molar-refractivity contribution in [3.8, 4) is 0 Å². The Kier molecular flexibility index (Phi) is 2.82. The predicted molar refractivity (Wildman–Crippen MR) is 61.9 cm³/mol. The van der Waals surface area contributed by atoms with E-state index in [2.05, 4.69) is 15.1 Å². The van der Waals surface area contributed by atoms with E-state index in [-0.39, 0.29) is 12.6 Å². The molecule has 1 aliphatic heterocycles. The number of hydrogen-bond acceptors (Lipinski definition) is 8. The number of aromatic nitrogens is 4. The zero-order valence-corrected chi connectivity index (χ0v) is 9.79. The van der Waals surface area contributed by atoms with Crippen molar-refractivity contribution in [2.75, 3.05) is 12.3 Å². The summed E-state index contributed by atoms with van der Waals surface area (Å²) in [5.74, 6) is 0.156. The molecular weight excluding hydrogens is 254 g/mol. The topological polar surface area (TPSA) is 139 Å². The lowest BCUT2D eigenvalue weighted by Crippen LogP contribution is -2.32. The minimum atomic E-state index is -1.17. The number of anilines is 1. The fourth-order valence-electron chi connectivity index (χ4n) is 2.21. The fourth-order valence-corrected chi connectivity index (χ4v) is 2.21. The zero-order valence-electron chi connectivity index (χ0n) is 9.79. The van der Waals surface area contributed by atoms with Crippen molar-refractivity contribution < 1.29 is 20.1 Å². The predicted octanol–water partition coefficient (Wildman–Crippen LogP) is -2.14. The molecule has 1 fully saturated rings. The maximum atomic E-state index is 9.96. The minimum absolute atomic E-state index is 0.156. The van der Waals surface area contributed by atoms with E-state index in [0.717, 1.165) is 0 Å². The lowest BCUT2D eigenvalue weighted by Gasteiger charge is -2.12. The summed E-state index contributed by atoms with van der Waals surface area (Å²) in [6.07, 6.45) is -1.27.